The van der Waals surface area contributed by atoms with E-state index in [1.54, 1.807) is 24.3 Å². The van der Waals surface area contributed by atoms with Crippen molar-refractivity contribution in [3.05, 3.63) is 192 Å². The number of hydrogen-bond donors (Lipinski definition) is 3. The highest BCUT2D eigenvalue weighted by Gasteiger charge is 2.33. The number of ketones is 2. The Bertz CT molecular complexity index is 2460. The van der Waals surface area contributed by atoms with Gasteiger partial charge in [-0.25, -0.2) is 0 Å². The van der Waals surface area contributed by atoms with Crippen molar-refractivity contribution in [2.45, 2.75) is 57.2 Å². The van der Waals surface area contributed by atoms with Crippen molar-refractivity contribution < 1.29 is 38.6 Å². The van der Waals surface area contributed by atoms with Gasteiger partial charge in [0.25, 0.3) is 0 Å². The molecule has 2 heterocycles. The van der Waals surface area contributed by atoms with Crippen molar-refractivity contribution in [2.24, 2.45) is 11.8 Å². The lowest BCUT2D eigenvalue weighted by Crippen LogP contribution is -2.54. The van der Waals surface area contributed by atoms with Crippen LogP contribution in [0.15, 0.2) is 164 Å². The van der Waals surface area contributed by atoms with Crippen molar-refractivity contribution in [3.8, 4) is 22.6 Å². The fourth-order valence-corrected chi connectivity index (χ4v) is 7.71. The zero-order valence-electron chi connectivity index (χ0n) is 34.9. The molecule has 0 unspecified atom stereocenters. The predicted octanol–water partition coefficient (Wildman–Crippen LogP) is 7.80. The third-order valence-electron chi connectivity index (χ3n) is 11.2. The summed E-state index contributed by atoms with van der Waals surface area (Å²) in [6, 6.07) is 48.3. The molecule has 2 bridgehead atoms. The predicted molar refractivity (Wildman–Crippen MR) is 240 cm³/mol. The van der Waals surface area contributed by atoms with Crippen molar-refractivity contribution in [3.63, 3.8) is 0 Å². The lowest BCUT2D eigenvalue weighted by molar-refractivity contribution is -0.144. The Morgan fingerprint density at radius 2 is 1.10 bits per heavy atom. The second-order valence-electron chi connectivity index (χ2n) is 16.0. The molecular formula is C53H50N2O8. The maximum Gasteiger partial charge on any atom is 0.307 e. The number of ether oxygens (including phenoxy) is 2. The number of hydrogen-bond acceptors (Lipinski definition) is 7. The fourth-order valence-electron chi connectivity index (χ4n) is 7.71. The van der Waals surface area contributed by atoms with Crippen molar-refractivity contribution in [1.29, 1.82) is 0 Å². The molecule has 63 heavy (non-hydrogen) atoms. The van der Waals surface area contributed by atoms with Gasteiger partial charge < -0.3 is 25.2 Å². The zero-order valence-corrected chi connectivity index (χ0v) is 34.9. The first-order valence-electron chi connectivity index (χ1n) is 21.2. The van der Waals surface area contributed by atoms with Crippen molar-refractivity contribution >= 4 is 29.4 Å². The number of benzene rings is 6. The van der Waals surface area contributed by atoms with Gasteiger partial charge in [0.05, 0.1) is 12.0 Å². The number of amides is 2. The molecule has 0 saturated carbocycles. The second-order valence-corrected chi connectivity index (χ2v) is 16.0. The largest absolute Gasteiger partial charge is 0.489 e. The highest BCUT2D eigenvalue weighted by atomic mass is 16.5. The number of carboxylic acids is 1. The molecule has 10 nitrogen and oxygen atoms in total. The minimum Gasteiger partial charge on any atom is -0.489 e. The van der Waals surface area contributed by atoms with E-state index in [4.69, 9.17) is 9.47 Å². The quantitative estimate of drug-likeness (QED) is 0.120. The van der Waals surface area contributed by atoms with Crippen LogP contribution in [0.1, 0.15) is 40.7 Å². The van der Waals surface area contributed by atoms with Gasteiger partial charge in [0.15, 0.2) is 11.6 Å². The van der Waals surface area contributed by atoms with Gasteiger partial charge >= 0.3 is 5.97 Å². The Labute approximate surface area is 367 Å². The molecule has 0 fully saturated rings. The maximum absolute atomic E-state index is 14.6. The van der Waals surface area contributed by atoms with E-state index in [1.165, 1.54) is 0 Å². The Morgan fingerprint density at radius 3 is 1.75 bits per heavy atom. The highest BCUT2D eigenvalue weighted by molar-refractivity contribution is 5.95. The summed E-state index contributed by atoms with van der Waals surface area (Å²) in [5.74, 6) is -3.97. The molecule has 3 N–H and O–H groups in total. The molecule has 2 aliphatic heterocycles. The topological polar surface area (TPSA) is 148 Å². The van der Waals surface area contributed by atoms with Gasteiger partial charge in [0.1, 0.15) is 30.8 Å². The van der Waals surface area contributed by atoms with Crippen LogP contribution in [0.3, 0.4) is 0 Å². The average molecular weight is 843 g/mol. The van der Waals surface area contributed by atoms with Gasteiger partial charge in [0.2, 0.25) is 11.8 Å². The molecule has 8 rings (SSSR count). The van der Waals surface area contributed by atoms with Gasteiger partial charge in [-0.05, 0) is 82.5 Å². The maximum atomic E-state index is 14.6. The van der Waals surface area contributed by atoms with Crippen LogP contribution in [-0.4, -0.2) is 53.1 Å². The van der Waals surface area contributed by atoms with E-state index in [2.05, 4.69) is 10.6 Å². The van der Waals surface area contributed by atoms with E-state index in [1.807, 2.05) is 140 Å². The SMILES string of the molecule is O=C1COc2ccc(cc2)C[C@@H](C(=O)O)CC(=O)[C@H](Cc2ccccc2)NC(=O)[C@H](Cc2ccc(-c3ccccc3)cc2)NC(=O)[C@H](Cc2ccc(OCc3ccccc3)cc2)C1. The summed E-state index contributed by atoms with van der Waals surface area (Å²) in [5, 5.41) is 16.1. The second kappa shape index (κ2) is 21.5. The Morgan fingerprint density at radius 1 is 0.556 bits per heavy atom. The first kappa shape index (κ1) is 43.7. The van der Waals surface area contributed by atoms with Gasteiger partial charge in [-0.3, -0.25) is 24.0 Å². The normalized spacial score (nSPS) is 18.8. The van der Waals surface area contributed by atoms with Crippen LogP contribution in [-0.2, 0) is 56.3 Å². The van der Waals surface area contributed by atoms with Crippen LogP contribution in [0.5, 0.6) is 11.5 Å². The lowest BCUT2D eigenvalue weighted by Gasteiger charge is -2.26. The first-order chi connectivity index (χ1) is 30.6. The van der Waals surface area contributed by atoms with E-state index in [-0.39, 0.29) is 50.9 Å². The Hall–Kier alpha value is -7.33. The standard InChI is InChI=1S/C53H50N2O8/c56-45-32-43(28-37-18-24-46(25-19-37)62-34-40-12-6-2-7-13-40)51(58)55-49(31-39-16-22-42(23-17-39)41-14-8-3-9-15-41)52(59)54-48(30-36-10-4-1-5-11-36)50(57)33-44(53(60)61)29-38-20-26-47(27-21-38)63-35-45/h1-27,43-44,48-49H,28-35H2,(H,54,59)(H,55,58)(H,60,61)/t43-,44-,48+,49+/m1/s1. The minimum absolute atomic E-state index is 0.0613. The summed E-state index contributed by atoms with van der Waals surface area (Å²) < 4.78 is 11.8. The Kier molecular flexibility index (Phi) is 14.9. The average Bonchev–Trinajstić information content (AvgIpc) is 3.31. The van der Waals surface area contributed by atoms with Crippen LogP contribution in [0.25, 0.3) is 11.1 Å². The number of carboxylic acid groups (broad SMARTS) is 1. The molecule has 0 spiro atoms. The van der Waals surface area contributed by atoms with Gasteiger partial charge in [-0.15, -0.1) is 0 Å². The monoisotopic (exact) mass is 842 g/mol. The van der Waals surface area contributed by atoms with Crippen molar-refractivity contribution in [1.82, 2.24) is 10.6 Å². The smallest absolute Gasteiger partial charge is 0.307 e. The summed E-state index contributed by atoms with van der Waals surface area (Å²) in [6.45, 7) is 0.0826. The molecule has 0 aliphatic carbocycles. The van der Waals surface area contributed by atoms with E-state index in [0.29, 0.717) is 23.7 Å². The molecule has 10 heteroatoms. The number of rotatable bonds is 11. The van der Waals surface area contributed by atoms with E-state index in [9.17, 15) is 29.1 Å². The third-order valence-corrected chi connectivity index (χ3v) is 11.2. The number of fused-ring (bicyclic) bond motifs is 16. The minimum atomic E-state index is -1.17. The zero-order chi connectivity index (χ0) is 44.0. The van der Waals surface area contributed by atoms with E-state index >= 15 is 0 Å². The van der Waals surface area contributed by atoms with Gasteiger partial charge in [0, 0.05) is 25.2 Å². The Balaban J connectivity index is 1.19. The molecule has 2 aliphatic rings. The van der Waals surface area contributed by atoms with Crippen LogP contribution < -0.4 is 20.1 Å². The highest BCUT2D eigenvalue weighted by Crippen LogP contribution is 2.24. The first-order valence-corrected chi connectivity index (χ1v) is 21.2. The molecule has 0 radical (unpaired) electrons. The number of nitrogens with one attached hydrogen (secondary N) is 2. The number of carbonyl (C=O) groups excluding carboxylic acids is 4. The molecular weight excluding hydrogens is 793 g/mol. The molecule has 2 amide bonds. The van der Waals surface area contributed by atoms with E-state index < -0.39 is 47.5 Å². The van der Waals surface area contributed by atoms with Gasteiger partial charge in [-0.1, -0.05) is 140 Å². The summed E-state index contributed by atoms with van der Waals surface area (Å²) in [6.07, 6.45) is -0.0925. The molecule has 6 aromatic rings. The number of carbonyl (C=O) groups is 5. The van der Waals surface area contributed by atoms with Crippen LogP contribution in [0.4, 0.5) is 0 Å². The molecule has 4 atom stereocenters. The summed E-state index contributed by atoms with van der Waals surface area (Å²) >= 11 is 0. The van der Waals surface area contributed by atoms with Crippen LogP contribution in [0.2, 0.25) is 0 Å². The molecule has 0 saturated heterocycles. The molecule has 6 aromatic carbocycles. The fraction of sp³-hybridized carbons (Fsp3) is 0.226. The third kappa shape index (κ3) is 12.8. The van der Waals surface area contributed by atoms with Crippen LogP contribution in [0, 0.1) is 11.8 Å². The van der Waals surface area contributed by atoms with Gasteiger partial charge in [-0.2, -0.15) is 0 Å². The summed E-state index contributed by atoms with van der Waals surface area (Å²) in [7, 11) is 0. The van der Waals surface area contributed by atoms with Crippen molar-refractivity contribution in [2.75, 3.05) is 6.61 Å². The number of aliphatic carboxylic acids is 1. The number of Topliss-reactive ketones (excluding diaryl/α,β-unsaturated/α-hetero) is 2. The van der Waals surface area contributed by atoms with E-state index in [0.717, 1.165) is 33.4 Å². The molecule has 320 valence electrons. The lowest BCUT2D eigenvalue weighted by atomic mass is 9.90. The molecule has 0 aromatic heterocycles. The summed E-state index contributed by atoms with van der Waals surface area (Å²) in [5.41, 5.74) is 5.98. The summed E-state index contributed by atoms with van der Waals surface area (Å²) in [4.78, 5) is 69.4. The van der Waals surface area contributed by atoms with Crippen LogP contribution >= 0.6 is 0 Å².